The largest absolute Gasteiger partial charge is 0.379 e. The maximum absolute atomic E-state index is 12.9. The third-order valence-electron chi connectivity index (χ3n) is 4.67. The SMILES string of the molecule is Cc1ccc(C(=O)N(CCCOC(C)C)CCC(=O)N2CCNCC2)cc1. The molecule has 1 saturated heterocycles. The molecule has 0 aliphatic carbocycles. The van der Waals surface area contributed by atoms with Crippen molar-refractivity contribution in [3.63, 3.8) is 0 Å². The van der Waals surface area contributed by atoms with Crippen LogP contribution in [0.3, 0.4) is 0 Å². The standard InChI is InChI=1S/C21H33N3O3/c1-17(2)27-16-4-12-24(21(26)19-7-5-18(3)6-8-19)13-9-20(25)23-14-10-22-11-15-23/h5-8,17,22H,4,9-16H2,1-3H3. The van der Waals surface area contributed by atoms with Crippen molar-refractivity contribution in [1.82, 2.24) is 15.1 Å². The third kappa shape index (κ3) is 7.31. The lowest BCUT2D eigenvalue weighted by molar-refractivity contribution is -0.131. The number of aryl methyl sites for hydroxylation is 1. The summed E-state index contributed by atoms with van der Waals surface area (Å²) in [6.45, 7) is 10.8. The molecule has 1 aromatic carbocycles. The summed E-state index contributed by atoms with van der Waals surface area (Å²) in [6.07, 6.45) is 1.31. The van der Waals surface area contributed by atoms with Crippen molar-refractivity contribution in [3.05, 3.63) is 35.4 Å². The zero-order valence-electron chi connectivity index (χ0n) is 16.9. The van der Waals surface area contributed by atoms with E-state index in [0.29, 0.717) is 31.7 Å². The first kappa shape index (κ1) is 21.4. The van der Waals surface area contributed by atoms with Crippen LogP contribution < -0.4 is 5.32 Å². The van der Waals surface area contributed by atoms with Gasteiger partial charge in [0.05, 0.1) is 6.10 Å². The molecule has 0 bridgehead atoms. The van der Waals surface area contributed by atoms with Crippen LogP contribution in [0.15, 0.2) is 24.3 Å². The van der Waals surface area contributed by atoms with Gasteiger partial charge in [-0.1, -0.05) is 17.7 Å². The van der Waals surface area contributed by atoms with Gasteiger partial charge in [-0.3, -0.25) is 9.59 Å². The lowest BCUT2D eigenvalue weighted by Crippen LogP contribution is -2.47. The van der Waals surface area contributed by atoms with E-state index >= 15 is 0 Å². The van der Waals surface area contributed by atoms with Gasteiger partial charge in [-0.25, -0.2) is 0 Å². The number of rotatable bonds is 9. The van der Waals surface area contributed by atoms with Crippen molar-refractivity contribution in [2.45, 2.75) is 39.7 Å². The molecule has 6 heteroatoms. The lowest BCUT2D eigenvalue weighted by atomic mass is 10.1. The van der Waals surface area contributed by atoms with Gasteiger partial charge >= 0.3 is 0 Å². The predicted molar refractivity (Wildman–Crippen MR) is 107 cm³/mol. The zero-order valence-corrected chi connectivity index (χ0v) is 16.9. The van der Waals surface area contributed by atoms with Crippen LogP contribution in [-0.4, -0.2) is 73.6 Å². The number of ether oxygens (including phenoxy) is 1. The fraction of sp³-hybridized carbons (Fsp3) is 0.619. The molecule has 1 heterocycles. The predicted octanol–water partition coefficient (Wildman–Crippen LogP) is 2.07. The molecular weight excluding hydrogens is 342 g/mol. The molecule has 2 rings (SSSR count). The molecule has 0 saturated carbocycles. The number of hydrogen-bond donors (Lipinski definition) is 1. The summed E-state index contributed by atoms with van der Waals surface area (Å²) in [4.78, 5) is 29.1. The topological polar surface area (TPSA) is 61.9 Å². The van der Waals surface area contributed by atoms with Gasteiger partial charge in [-0.05, 0) is 39.3 Å². The first-order valence-electron chi connectivity index (χ1n) is 9.93. The maximum Gasteiger partial charge on any atom is 0.253 e. The van der Waals surface area contributed by atoms with Crippen LogP contribution in [0, 0.1) is 6.92 Å². The van der Waals surface area contributed by atoms with Gasteiger partial charge in [0.1, 0.15) is 0 Å². The van der Waals surface area contributed by atoms with Crippen molar-refractivity contribution in [1.29, 1.82) is 0 Å². The molecular formula is C21H33N3O3. The summed E-state index contributed by atoms with van der Waals surface area (Å²) in [6, 6.07) is 7.60. The number of nitrogens with zero attached hydrogens (tertiary/aromatic N) is 2. The Morgan fingerprint density at radius 1 is 1.15 bits per heavy atom. The molecule has 1 fully saturated rings. The molecule has 0 spiro atoms. The number of amides is 2. The lowest BCUT2D eigenvalue weighted by Gasteiger charge is -2.29. The van der Waals surface area contributed by atoms with Crippen molar-refractivity contribution >= 4 is 11.8 Å². The molecule has 0 atom stereocenters. The molecule has 1 N–H and O–H groups in total. The average molecular weight is 376 g/mol. The van der Waals surface area contributed by atoms with E-state index in [1.165, 1.54) is 0 Å². The van der Waals surface area contributed by atoms with Crippen LogP contribution >= 0.6 is 0 Å². The van der Waals surface area contributed by atoms with Crippen LogP contribution in [0.25, 0.3) is 0 Å². The fourth-order valence-electron chi connectivity index (χ4n) is 3.07. The molecule has 0 radical (unpaired) electrons. The van der Waals surface area contributed by atoms with E-state index in [4.69, 9.17) is 4.74 Å². The Morgan fingerprint density at radius 2 is 1.81 bits per heavy atom. The number of piperazine rings is 1. The van der Waals surface area contributed by atoms with Crippen LogP contribution in [0.4, 0.5) is 0 Å². The quantitative estimate of drug-likeness (QED) is 0.671. The Morgan fingerprint density at radius 3 is 2.44 bits per heavy atom. The Kier molecular flexibility index (Phi) is 8.75. The van der Waals surface area contributed by atoms with Gasteiger partial charge in [0.25, 0.3) is 5.91 Å². The first-order chi connectivity index (χ1) is 13.0. The van der Waals surface area contributed by atoms with Gasteiger partial charge in [0.15, 0.2) is 0 Å². The van der Waals surface area contributed by atoms with E-state index in [-0.39, 0.29) is 17.9 Å². The summed E-state index contributed by atoms with van der Waals surface area (Å²) >= 11 is 0. The van der Waals surface area contributed by atoms with Crippen LogP contribution in [0.5, 0.6) is 0 Å². The second-order valence-electron chi connectivity index (χ2n) is 7.31. The molecule has 0 aromatic heterocycles. The van der Waals surface area contributed by atoms with Gasteiger partial charge in [-0.2, -0.15) is 0 Å². The third-order valence-corrected chi connectivity index (χ3v) is 4.67. The highest BCUT2D eigenvalue weighted by Crippen LogP contribution is 2.10. The van der Waals surface area contributed by atoms with E-state index in [9.17, 15) is 9.59 Å². The highest BCUT2D eigenvalue weighted by atomic mass is 16.5. The van der Waals surface area contributed by atoms with Crippen molar-refractivity contribution in [2.24, 2.45) is 0 Å². The smallest absolute Gasteiger partial charge is 0.253 e. The molecule has 27 heavy (non-hydrogen) atoms. The van der Waals surface area contributed by atoms with Crippen molar-refractivity contribution < 1.29 is 14.3 Å². The summed E-state index contributed by atoms with van der Waals surface area (Å²) in [7, 11) is 0. The normalized spacial score (nSPS) is 14.4. The van der Waals surface area contributed by atoms with E-state index in [1.807, 2.05) is 49.9 Å². The monoisotopic (exact) mass is 375 g/mol. The van der Waals surface area contributed by atoms with Crippen LogP contribution in [0.2, 0.25) is 0 Å². The molecule has 2 amide bonds. The minimum absolute atomic E-state index is 0.0207. The van der Waals surface area contributed by atoms with Gasteiger partial charge < -0.3 is 19.9 Å². The molecule has 1 aliphatic rings. The summed E-state index contributed by atoms with van der Waals surface area (Å²) in [5.74, 6) is 0.101. The number of nitrogens with one attached hydrogen (secondary N) is 1. The van der Waals surface area contributed by atoms with E-state index in [0.717, 1.165) is 38.2 Å². The average Bonchev–Trinajstić information content (AvgIpc) is 2.67. The number of carbonyl (C=O) groups excluding carboxylic acids is 2. The van der Waals surface area contributed by atoms with Gasteiger partial charge in [0.2, 0.25) is 5.91 Å². The zero-order chi connectivity index (χ0) is 19.6. The Bertz CT molecular complexity index is 595. The van der Waals surface area contributed by atoms with E-state index < -0.39 is 0 Å². The van der Waals surface area contributed by atoms with Crippen molar-refractivity contribution in [2.75, 3.05) is 45.9 Å². The number of hydrogen-bond acceptors (Lipinski definition) is 4. The fourth-order valence-corrected chi connectivity index (χ4v) is 3.07. The Hall–Kier alpha value is -1.92. The minimum atomic E-state index is -0.0207. The number of benzene rings is 1. The van der Waals surface area contributed by atoms with Crippen LogP contribution in [0.1, 0.15) is 42.6 Å². The highest BCUT2D eigenvalue weighted by molar-refractivity contribution is 5.94. The van der Waals surface area contributed by atoms with E-state index in [2.05, 4.69) is 5.32 Å². The van der Waals surface area contributed by atoms with Crippen molar-refractivity contribution in [3.8, 4) is 0 Å². The molecule has 1 aliphatic heterocycles. The molecule has 1 aromatic rings. The summed E-state index contributed by atoms with van der Waals surface area (Å²) in [5, 5.41) is 3.25. The Balaban J connectivity index is 1.94. The molecule has 0 unspecified atom stereocenters. The van der Waals surface area contributed by atoms with Gasteiger partial charge in [0, 0.05) is 57.9 Å². The Labute approximate surface area is 162 Å². The number of carbonyl (C=O) groups is 2. The summed E-state index contributed by atoms with van der Waals surface area (Å²) in [5.41, 5.74) is 1.79. The first-order valence-corrected chi connectivity index (χ1v) is 9.93. The summed E-state index contributed by atoms with van der Waals surface area (Å²) < 4.78 is 5.59. The van der Waals surface area contributed by atoms with Gasteiger partial charge in [-0.15, -0.1) is 0 Å². The van der Waals surface area contributed by atoms with E-state index in [1.54, 1.807) is 4.90 Å². The molecule has 6 nitrogen and oxygen atoms in total. The molecule has 150 valence electrons. The second-order valence-corrected chi connectivity index (χ2v) is 7.31. The maximum atomic E-state index is 12.9. The van der Waals surface area contributed by atoms with Crippen LogP contribution in [-0.2, 0) is 9.53 Å². The second kappa shape index (κ2) is 11.0. The minimum Gasteiger partial charge on any atom is -0.379 e. The highest BCUT2D eigenvalue weighted by Gasteiger charge is 2.20.